The summed E-state index contributed by atoms with van der Waals surface area (Å²) in [7, 11) is 0. The number of hydrogen-bond acceptors (Lipinski definition) is 4. The number of hydrogen-bond donors (Lipinski definition) is 2. The summed E-state index contributed by atoms with van der Waals surface area (Å²) in [6.07, 6.45) is 3.73. The fourth-order valence-electron chi connectivity index (χ4n) is 2.81. The second kappa shape index (κ2) is 7.45. The molecular weight excluding hydrogens is 302 g/mol. The zero-order valence-electron chi connectivity index (χ0n) is 13.9. The van der Waals surface area contributed by atoms with Gasteiger partial charge in [0.25, 0.3) is 5.91 Å². The van der Waals surface area contributed by atoms with Gasteiger partial charge in [0.15, 0.2) is 0 Å². The van der Waals surface area contributed by atoms with Gasteiger partial charge >= 0.3 is 0 Å². The van der Waals surface area contributed by atoms with Gasteiger partial charge in [-0.1, -0.05) is 25.1 Å². The number of pyridine rings is 1. The lowest BCUT2D eigenvalue weighted by atomic mass is 9.81. The van der Waals surface area contributed by atoms with E-state index in [0.717, 1.165) is 31.7 Å². The van der Waals surface area contributed by atoms with Gasteiger partial charge in [-0.15, -0.1) is 0 Å². The molecule has 24 heavy (non-hydrogen) atoms. The zero-order valence-corrected chi connectivity index (χ0v) is 13.9. The molecular formula is C19H23N3O2. The third-order valence-corrected chi connectivity index (χ3v) is 4.43. The Morgan fingerprint density at radius 3 is 2.71 bits per heavy atom. The average molecular weight is 325 g/mol. The molecule has 0 bridgehead atoms. The van der Waals surface area contributed by atoms with Gasteiger partial charge in [-0.25, -0.2) is 0 Å². The molecule has 1 aliphatic rings. The monoisotopic (exact) mass is 325 g/mol. The number of nitrogens with one attached hydrogen (secondary N) is 2. The van der Waals surface area contributed by atoms with Crippen molar-refractivity contribution in [1.82, 2.24) is 15.6 Å². The molecule has 3 rings (SSSR count). The van der Waals surface area contributed by atoms with E-state index in [0.29, 0.717) is 18.0 Å². The molecule has 2 N–H and O–H groups in total. The van der Waals surface area contributed by atoms with Crippen molar-refractivity contribution in [2.24, 2.45) is 5.41 Å². The molecule has 5 nitrogen and oxygen atoms in total. The van der Waals surface area contributed by atoms with E-state index in [4.69, 9.17) is 4.74 Å². The van der Waals surface area contributed by atoms with E-state index in [9.17, 15) is 4.79 Å². The van der Waals surface area contributed by atoms with Gasteiger partial charge in [0.05, 0.1) is 0 Å². The van der Waals surface area contributed by atoms with Crippen LogP contribution in [0.4, 0.5) is 0 Å². The predicted molar refractivity (Wildman–Crippen MR) is 93.3 cm³/mol. The highest BCUT2D eigenvalue weighted by Gasteiger charge is 2.27. The summed E-state index contributed by atoms with van der Waals surface area (Å²) >= 11 is 0. The van der Waals surface area contributed by atoms with E-state index in [1.54, 1.807) is 18.3 Å². The van der Waals surface area contributed by atoms with Crippen LogP contribution in [0.3, 0.4) is 0 Å². The molecule has 0 aliphatic carbocycles. The zero-order chi connectivity index (χ0) is 16.8. The van der Waals surface area contributed by atoms with Crippen LogP contribution in [-0.4, -0.2) is 30.5 Å². The van der Waals surface area contributed by atoms with Crippen LogP contribution in [0.2, 0.25) is 0 Å². The van der Waals surface area contributed by atoms with E-state index < -0.39 is 0 Å². The second-order valence-electron chi connectivity index (χ2n) is 6.54. The van der Waals surface area contributed by atoms with Crippen LogP contribution >= 0.6 is 0 Å². The number of rotatable bonds is 5. The maximum absolute atomic E-state index is 12.4. The highest BCUT2D eigenvalue weighted by atomic mass is 16.5. The summed E-state index contributed by atoms with van der Waals surface area (Å²) in [5.41, 5.74) is 0.528. The SMILES string of the molecule is CC1(CNC(=O)c2cc(Oc3ccccc3)ccn2)CCNCC1. The molecule has 126 valence electrons. The van der Waals surface area contributed by atoms with Crippen molar-refractivity contribution in [1.29, 1.82) is 0 Å². The molecule has 0 atom stereocenters. The van der Waals surface area contributed by atoms with Crippen molar-refractivity contribution in [3.05, 3.63) is 54.4 Å². The lowest BCUT2D eigenvalue weighted by molar-refractivity contribution is 0.0917. The van der Waals surface area contributed by atoms with Crippen molar-refractivity contribution in [3.63, 3.8) is 0 Å². The van der Waals surface area contributed by atoms with Gasteiger partial charge in [-0.3, -0.25) is 9.78 Å². The second-order valence-corrected chi connectivity index (χ2v) is 6.54. The molecule has 0 spiro atoms. The fraction of sp³-hybridized carbons (Fsp3) is 0.368. The molecule has 1 fully saturated rings. The largest absolute Gasteiger partial charge is 0.457 e. The first-order valence-corrected chi connectivity index (χ1v) is 8.33. The molecule has 1 saturated heterocycles. The van der Waals surface area contributed by atoms with E-state index in [1.165, 1.54) is 0 Å². The van der Waals surface area contributed by atoms with Crippen molar-refractivity contribution >= 4 is 5.91 Å². The summed E-state index contributed by atoms with van der Waals surface area (Å²) in [6.45, 7) is 4.89. The molecule has 2 heterocycles. The quantitative estimate of drug-likeness (QED) is 0.887. The van der Waals surface area contributed by atoms with E-state index in [-0.39, 0.29) is 11.3 Å². The molecule has 1 aromatic carbocycles. The molecule has 2 aromatic rings. The van der Waals surface area contributed by atoms with Crippen LogP contribution in [0.5, 0.6) is 11.5 Å². The Bertz CT molecular complexity index is 682. The highest BCUT2D eigenvalue weighted by molar-refractivity contribution is 5.92. The minimum Gasteiger partial charge on any atom is -0.457 e. The number of piperidine rings is 1. The number of nitrogens with zero attached hydrogens (tertiary/aromatic N) is 1. The Hall–Kier alpha value is -2.40. The topological polar surface area (TPSA) is 63.2 Å². The standard InChI is InChI=1S/C19H23N3O2/c1-19(8-11-20-12-9-19)14-22-18(23)17-13-16(7-10-21-17)24-15-5-3-2-4-6-15/h2-7,10,13,20H,8-9,11-12,14H2,1H3,(H,22,23). The Balaban J connectivity index is 1.61. The Kier molecular flexibility index (Phi) is 5.11. The summed E-state index contributed by atoms with van der Waals surface area (Å²) in [5, 5.41) is 6.36. The first-order chi connectivity index (χ1) is 11.6. The number of para-hydroxylation sites is 1. The Morgan fingerprint density at radius 2 is 1.96 bits per heavy atom. The summed E-state index contributed by atoms with van der Waals surface area (Å²) in [6, 6.07) is 12.9. The number of carbonyl (C=O) groups excluding carboxylic acids is 1. The first-order valence-electron chi connectivity index (χ1n) is 8.33. The van der Waals surface area contributed by atoms with Crippen LogP contribution < -0.4 is 15.4 Å². The molecule has 1 aliphatic heterocycles. The van der Waals surface area contributed by atoms with Crippen LogP contribution in [0.15, 0.2) is 48.7 Å². The predicted octanol–water partition coefficient (Wildman–Crippen LogP) is 2.99. The number of benzene rings is 1. The third-order valence-electron chi connectivity index (χ3n) is 4.43. The molecule has 1 aromatic heterocycles. The number of aromatic nitrogens is 1. The number of carbonyl (C=O) groups is 1. The highest BCUT2D eigenvalue weighted by Crippen LogP contribution is 2.27. The maximum atomic E-state index is 12.4. The van der Waals surface area contributed by atoms with E-state index >= 15 is 0 Å². The van der Waals surface area contributed by atoms with E-state index in [1.807, 2.05) is 30.3 Å². The van der Waals surface area contributed by atoms with Gasteiger partial charge in [-0.05, 0) is 49.5 Å². The Morgan fingerprint density at radius 1 is 1.21 bits per heavy atom. The maximum Gasteiger partial charge on any atom is 0.270 e. The molecule has 0 saturated carbocycles. The minimum atomic E-state index is -0.159. The lowest BCUT2D eigenvalue weighted by Crippen LogP contribution is -2.43. The molecule has 1 amide bonds. The van der Waals surface area contributed by atoms with E-state index in [2.05, 4.69) is 22.5 Å². The minimum absolute atomic E-state index is 0.152. The smallest absolute Gasteiger partial charge is 0.270 e. The Labute approximate surface area is 142 Å². The van der Waals surface area contributed by atoms with Crippen LogP contribution in [0.1, 0.15) is 30.3 Å². The van der Waals surface area contributed by atoms with Gasteiger partial charge in [0.1, 0.15) is 17.2 Å². The van der Waals surface area contributed by atoms with Gasteiger partial charge < -0.3 is 15.4 Å². The first kappa shape index (κ1) is 16.5. The normalized spacial score (nSPS) is 16.4. The van der Waals surface area contributed by atoms with Gasteiger partial charge in [0.2, 0.25) is 0 Å². The average Bonchev–Trinajstić information content (AvgIpc) is 2.61. The molecule has 0 unspecified atom stereocenters. The number of amides is 1. The summed E-state index contributed by atoms with van der Waals surface area (Å²) in [4.78, 5) is 16.6. The fourth-order valence-corrected chi connectivity index (χ4v) is 2.81. The van der Waals surface area contributed by atoms with Crippen molar-refractivity contribution in [2.45, 2.75) is 19.8 Å². The third kappa shape index (κ3) is 4.32. The van der Waals surface area contributed by atoms with Crippen molar-refractivity contribution in [3.8, 4) is 11.5 Å². The molecule has 0 radical (unpaired) electrons. The van der Waals surface area contributed by atoms with Gasteiger partial charge in [-0.2, -0.15) is 0 Å². The summed E-state index contributed by atoms with van der Waals surface area (Å²) in [5.74, 6) is 1.18. The van der Waals surface area contributed by atoms with Crippen LogP contribution in [0.25, 0.3) is 0 Å². The van der Waals surface area contributed by atoms with Gasteiger partial charge in [0, 0.05) is 18.8 Å². The molecule has 5 heteroatoms. The van der Waals surface area contributed by atoms with Crippen LogP contribution in [-0.2, 0) is 0 Å². The lowest BCUT2D eigenvalue weighted by Gasteiger charge is -2.34. The summed E-state index contributed by atoms with van der Waals surface area (Å²) < 4.78 is 5.76. The number of ether oxygens (including phenoxy) is 1. The van der Waals surface area contributed by atoms with Crippen molar-refractivity contribution < 1.29 is 9.53 Å². The van der Waals surface area contributed by atoms with Crippen molar-refractivity contribution in [2.75, 3.05) is 19.6 Å². The van der Waals surface area contributed by atoms with Crippen LogP contribution in [0, 0.1) is 5.41 Å².